The molecule has 3 aromatic rings. The molecule has 1 N–H and O–H groups in total. The number of rotatable bonds is 3. The summed E-state index contributed by atoms with van der Waals surface area (Å²) < 4.78 is 14.5. The third-order valence-electron chi connectivity index (χ3n) is 4.46. The van der Waals surface area contributed by atoms with Crippen molar-refractivity contribution in [3.05, 3.63) is 47.5 Å². The second-order valence-corrected chi connectivity index (χ2v) is 6.79. The number of halogens is 1. The molecule has 1 aromatic carbocycles. The predicted octanol–water partition coefficient (Wildman–Crippen LogP) is 5.67. The molecule has 0 unspecified atom stereocenters. The molecule has 1 aliphatic carbocycles. The van der Waals surface area contributed by atoms with Gasteiger partial charge in [0.05, 0.1) is 0 Å². The van der Waals surface area contributed by atoms with Crippen LogP contribution < -0.4 is 0 Å². The minimum Gasteiger partial charge on any atom is -0.346 e. The third kappa shape index (κ3) is 2.62. The van der Waals surface area contributed by atoms with Crippen molar-refractivity contribution in [1.29, 1.82) is 0 Å². The maximum atomic E-state index is 14.5. The zero-order valence-electron chi connectivity index (χ0n) is 14.2. The number of aryl methyl sites for hydroxylation is 1. The van der Waals surface area contributed by atoms with Crippen molar-refractivity contribution in [2.45, 2.75) is 39.5 Å². The lowest BCUT2D eigenvalue weighted by Gasteiger charge is -2.07. The van der Waals surface area contributed by atoms with Crippen molar-refractivity contribution in [2.24, 2.45) is 4.99 Å². The summed E-state index contributed by atoms with van der Waals surface area (Å²) in [7, 11) is 0. The lowest BCUT2D eigenvalue weighted by molar-refractivity contribution is 0.629. The van der Waals surface area contributed by atoms with Gasteiger partial charge in [0.15, 0.2) is 0 Å². The fraction of sp³-hybridized carbons (Fsp3) is 0.300. The highest BCUT2D eigenvalue weighted by Gasteiger charge is 2.25. The highest BCUT2D eigenvalue weighted by molar-refractivity contribution is 5.94. The number of aromatic nitrogens is 2. The summed E-state index contributed by atoms with van der Waals surface area (Å²) in [6, 6.07) is 7.74. The number of fused-ring (bicyclic) bond motifs is 1. The van der Waals surface area contributed by atoms with Crippen molar-refractivity contribution >= 4 is 22.4 Å². The zero-order chi connectivity index (χ0) is 16.8. The van der Waals surface area contributed by atoms with Crippen LogP contribution in [-0.2, 0) is 0 Å². The molecule has 0 radical (unpaired) electrons. The summed E-state index contributed by atoms with van der Waals surface area (Å²) in [6.45, 7) is 5.64. The van der Waals surface area contributed by atoms with Gasteiger partial charge in [0.1, 0.15) is 17.2 Å². The Labute approximate surface area is 140 Å². The van der Waals surface area contributed by atoms with E-state index in [9.17, 15) is 4.39 Å². The minimum atomic E-state index is -0.289. The Morgan fingerprint density at radius 1 is 1.25 bits per heavy atom. The molecule has 0 amide bonds. The van der Waals surface area contributed by atoms with E-state index in [2.05, 4.69) is 22.1 Å². The molecule has 0 saturated heterocycles. The molecule has 2 heterocycles. The molecule has 4 rings (SSSR count). The van der Waals surface area contributed by atoms with Crippen molar-refractivity contribution in [3.63, 3.8) is 0 Å². The molecule has 1 saturated carbocycles. The van der Waals surface area contributed by atoms with E-state index in [1.807, 2.05) is 33.0 Å². The highest BCUT2D eigenvalue weighted by atomic mass is 19.1. The van der Waals surface area contributed by atoms with Crippen LogP contribution in [0.3, 0.4) is 0 Å². The van der Waals surface area contributed by atoms with Gasteiger partial charge in [-0.25, -0.2) is 9.37 Å². The van der Waals surface area contributed by atoms with Crippen molar-refractivity contribution in [2.75, 3.05) is 0 Å². The predicted molar refractivity (Wildman–Crippen MR) is 96.6 cm³/mol. The number of pyridine rings is 1. The molecule has 3 nitrogen and oxygen atoms in total. The van der Waals surface area contributed by atoms with Crippen LogP contribution in [0.2, 0.25) is 0 Å². The molecular weight excluding hydrogens is 301 g/mol. The molecule has 0 spiro atoms. The van der Waals surface area contributed by atoms with E-state index in [-0.39, 0.29) is 5.82 Å². The van der Waals surface area contributed by atoms with Crippen LogP contribution in [0.1, 0.15) is 43.9 Å². The van der Waals surface area contributed by atoms with Gasteiger partial charge in [0.25, 0.3) is 0 Å². The molecule has 0 aliphatic heterocycles. The van der Waals surface area contributed by atoms with E-state index in [1.165, 1.54) is 12.8 Å². The maximum absolute atomic E-state index is 14.5. The first-order valence-electron chi connectivity index (χ1n) is 8.33. The molecule has 122 valence electrons. The molecule has 1 fully saturated rings. The van der Waals surface area contributed by atoms with E-state index in [4.69, 9.17) is 4.98 Å². The van der Waals surface area contributed by atoms with E-state index < -0.39 is 0 Å². The smallest absolute Gasteiger partial charge is 0.149 e. The summed E-state index contributed by atoms with van der Waals surface area (Å²) in [5.41, 5.74) is 5.96. The molecule has 2 aromatic heterocycles. The third-order valence-corrected chi connectivity index (χ3v) is 4.46. The molecule has 0 atom stereocenters. The Kier molecular flexibility index (Phi) is 3.48. The second kappa shape index (κ2) is 5.55. The minimum absolute atomic E-state index is 0.289. The summed E-state index contributed by atoms with van der Waals surface area (Å²) in [4.78, 5) is 12.3. The first-order chi connectivity index (χ1) is 11.5. The molecule has 4 heteroatoms. The monoisotopic (exact) mass is 321 g/mol. The molecule has 1 aliphatic rings. The van der Waals surface area contributed by atoms with Gasteiger partial charge < -0.3 is 4.98 Å². The van der Waals surface area contributed by atoms with Gasteiger partial charge in [-0.15, -0.1) is 0 Å². The van der Waals surface area contributed by atoms with Crippen LogP contribution in [0.5, 0.6) is 0 Å². The number of nitrogens with one attached hydrogen (secondary N) is 1. The van der Waals surface area contributed by atoms with Crippen LogP contribution in [-0.4, -0.2) is 15.7 Å². The Morgan fingerprint density at radius 2 is 2.04 bits per heavy atom. The lowest BCUT2D eigenvalue weighted by atomic mass is 10.0. The van der Waals surface area contributed by atoms with Gasteiger partial charge >= 0.3 is 0 Å². The van der Waals surface area contributed by atoms with Crippen molar-refractivity contribution in [3.8, 4) is 11.1 Å². The summed E-state index contributed by atoms with van der Waals surface area (Å²) >= 11 is 0. The average molecular weight is 321 g/mol. The maximum Gasteiger partial charge on any atom is 0.149 e. The Balaban J connectivity index is 1.81. The number of benzene rings is 1. The fourth-order valence-corrected chi connectivity index (χ4v) is 3.12. The van der Waals surface area contributed by atoms with Gasteiger partial charge in [0.2, 0.25) is 0 Å². The first-order valence-corrected chi connectivity index (χ1v) is 8.33. The Morgan fingerprint density at radius 3 is 2.71 bits per heavy atom. The fourth-order valence-electron chi connectivity index (χ4n) is 3.12. The quantitative estimate of drug-likeness (QED) is 0.621. The van der Waals surface area contributed by atoms with E-state index in [0.29, 0.717) is 11.6 Å². The summed E-state index contributed by atoms with van der Waals surface area (Å²) in [5.74, 6) is 0.332. The largest absolute Gasteiger partial charge is 0.346 e. The SMILES string of the molecule is CC(C)=Nc1c(C)cc(-c2c[nH]c3nc(C4CC4)ccc23)cc1F. The standard InChI is InChI=1S/C20H20FN3/c1-11(2)23-19-12(3)8-14(9-17(19)21)16-10-22-20-15(16)6-7-18(24-20)13-4-5-13/h6-10,13H,4-5H2,1-3H3,(H,22,24). The van der Waals surface area contributed by atoms with Crippen LogP contribution in [0.25, 0.3) is 22.2 Å². The Hall–Kier alpha value is -2.49. The van der Waals surface area contributed by atoms with E-state index in [1.54, 1.807) is 6.07 Å². The topological polar surface area (TPSA) is 41.0 Å². The Bertz CT molecular complexity index is 937. The van der Waals surface area contributed by atoms with Crippen molar-refractivity contribution in [1.82, 2.24) is 9.97 Å². The first kappa shape index (κ1) is 15.1. The second-order valence-electron chi connectivity index (χ2n) is 6.79. The highest BCUT2D eigenvalue weighted by Crippen LogP contribution is 2.40. The van der Waals surface area contributed by atoms with Crippen LogP contribution >= 0.6 is 0 Å². The molecular formula is C20H20FN3. The van der Waals surface area contributed by atoms with Gasteiger partial charge in [-0.2, -0.15) is 0 Å². The van der Waals surface area contributed by atoms with Crippen LogP contribution in [0, 0.1) is 12.7 Å². The van der Waals surface area contributed by atoms with Gasteiger partial charge in [-0.3, -0.25) is 4.99 Å². The summed E-state index contributed by atoms with van der Waals surface area (Å²) in [6.07, 6.45) is 4.38. The number of hydrogen-bond donors (Lipinski definition) is 1. The summed E-state index contributed by atoms with van der Waals surface area (Å²) in [5, 5.41) is 1.03. The lowest BCUT2D eigenvalue weighted by Crippen LogP contribution is -1.89. The van der Waals surface area contributed by atoms with Crippen LogP contribution in [0.15, 0.2) is 35.5 Å². The van der Waals surface area contributed by atoms with E-state index in [0.717, 1.165) is 39.1 Å². The number of hydrogen-bond acceptors (Lipinski definition) is 2. The van der Waals surface area contributed by atoms with Gasteiger partial charge in [-0.1, -0.05) is 0 Å². The number of H-pyrrole nitrogens is 1. The number of aromatic amines is 1. The van der Waals surface area contributed by atoms with Crippen molar-refractivity contribution < 1.29 is 4.39 Å². The van der Waals surface area contributed by atoms with E-state index >= 15 is 0 Å². The number of nitrogens with zero attached hydrogens (tertiary/aromatic N) is 2. The van der Waals surface area contributed by atoms with Gasteiger partial charge in [-0.05, 0) is 69.0 Å². The average Bonchev–Trinajstić information content (AvgIpc) is 3.30. The molecule has 0 bridgehead atoms. The number of aliphatic imine (C=N–C) groups is 1. The normalized spacial score (nSPS) is 14.2. The molecule has 24 heavy (non-hydrogen) atoms. The zero-order valence-corrected chi connectivity index (χ0v) is 14.2. The van der Waals surface area contributed by atoms with Crippen LogP contribution in [0.4, 0.5) is 10.1 Å². The van der Waals surface area contributed by atoms with Gasteiger partial charge in [0, 0.05) is 34.5 Å².